The Labute approximate surface area is 99.0 Å². The van der Waals surface area contributed by atoms with E-state index in [0.29, 0.717) is 5.02 Å². The van der Waals surface area contributed by atoms with Crippen LogP contribution in [-0.4, -0.2) is 18.0 Å². The van der Waals surface area contributed by atoms with E-state index in [4.69, 9.17) is 11.6 Å². The van der Waals surface area contributed by atoms with E-state index in [-0.39, 0.29) is 10.6 Å². The van der Waals surface area contributed by atoms with Gasteiger partial charge in [0.2, 0.25) is 0 Å². The van der Waals surface area contributed by atoms with Crippen molar-refractivity contribution < 1.29 is 4.92 Å². The summed E-state index contributed by atoms with van der Waals surface area (Å²) in [6.07, 6.45) is 2.19. The van der Waals surface area contributed by atoms with Gasteiger partial charge < -0.3 is 4.90 Å². The van der Waals surface area contributed by atoms with Gasteiger partial charge in [-0.05, 0) is 31.4 Å². The molecule has 0 N–H and O–H groups in total. The summed E-state index contributed by atoms with van der Waals surface area (Å²) in [4.78, 5) is 12.7. The van der Waals surface area contributed by atoms with Crippen LogP contribution in [0, 0.1) is 17.0 Å². The zero-order valence-electron chi connectivity index (χ0n) is 9.07. The Morgan fingerprint density at radius 2 is 2.00 bits per heavy atom. The van der Waals surface area contributed by atoms with Gasteiger partial charge in [0, 0.05) is 24.2 Å². The second-order valence-electron chi connectivity index (χ2n) is 4.04. The number of benzene rings is 1. The van der Waals surface area contributed by atoms with Gasteiger partial charge in [-0.3, -0.25) is 10.1 Å². The molecule has 5 heteroatoms. The normalized spacial score (nSPS) is 15.5. The second kappa shape index (κ2) is 4.29. The minimum Gasteiger partial charge on any atom is -0.366 e. The van der Waals surface area contributed by atoms with Gasteiger partial charge in [0.1, 0.15) is 5.69 Å². The van der Waals surface area contributed by atoms with Crippen LogP contribution in [-0.2, 0) is 0 Å². The third-order valence-corrected chi connectivity index (χ3v) is 3.08. The molecule has 1 aromatic carbocycles. The Morgan fingerprint density at radius 3 is 2.56 bits per heavy atom. The topological polar surface area (TPSA) is 46.4 Å². The number of nitro benzene ring substituents is 1. The van der Waals surface area contributed by atoms with Crippen LogP contribution in [0.2, 0.25) is 5.02 Å². The molecule has 0 bridgehead atoms. The van der Waals surface area contributed by atoms with E-state index in [9.17, 15) is 10.1 Å². The molecule has 1 saturated heterocycles. The molecule has 1 fully saturated rings. The lowest BCUT2D eigenvalue weighted by molar-refractivity contribution is -0.384. The standard InChI is InChI=1S/C11H13ClN2O2/c1-8-6-9(12)7-10(14(15)16)11(8)13-4-2-3-5-13/h6-7H,2-5H2,1H3. The third-order valence-electron chi connectivity index (χ3n) is 2.86. The number of aryl methyl sites for hydroxylation is 1. The number of hydrogen-bond acceptors (Lipinski definition) is 3. The first-order valence-corrected chi connectivity index (χ1v) is 5.67. The van der Waals surface area contributed by atoms with Gasteiger partial charge in [0.25, 0.3) is 5.69 Å². The summed E-state index contributed by atoms with van der Waals surface area (Å²) in [6, 6.07) is 3.21. The first kappa shape index (κ1) is 11.2. The smallest absolute Gasteiger partial charge is 0.294 e. The van der Waals surface area contributed by atoms with E-state index in [0.717, 1.165) is 37.2 Å². The summed E-state index contributed by atoms with van der Waals surface area (Å²) < 4.78 is 0. The fourth-order valence-electron chi connectivity index (χ4n) is 2.21. The molecule has 0 aromatic heterocycles. The zero-order valence-corrected chi connectivity index (χ0v) is 9.83. The van der Waals surface area contributed by atoms with Crippen LogP contribution in [0.3, 0.4) is 0 Å². The summed E-state index contributed by atoms with van der Waals surface area (Å²) in [5.74, 6) is 0. The highest BCUT2D eigenvalue weighted by molar-refractivity contribution is 6.31. The van der Waals surface area contributed by atoms with Crippen molar-refractivity contribution in [3.63, 3.8) is 0 Å². The van der Waals surface area contributed by atoms with E-state index in [1.165, 1.54) is 6.07 Å². The van der Waals surface area contributed by atoms with Crippen LogP contribution in [0.5, 0.6) is 0 Å². The molecule has 0 unspecified atom stereocenters. The lowest BCUT2D eigenvalue weighted by atomic mass is 10.1. The first-order chi connectivity index (χ1) is 7.59. The van der Waals surface area contributed by atoms with Crippen molar-refractivity contribution in [1.29, 1.82) is 0 Å². The highest BCUT2D eigenvalue weighted by Crippen LogP contribution is 2.36. The predicted octanol–water partition coefficient (Wildman–Crippen LogP) is 3.16. The van der Waals surface area contributed by atoms with E-state index in [1.54, 1.807) is 6.07 Å². The van der Waals surface area contributed by atoms with Crippen molar-refractivity contribution >= 4 is 23.0 Å². The van der Waals surface area contributed by atoms with Gasteiger partial charge in [-0.1, -0.05) is 11.6 Å². The monoisotopic (exact) mass is 240 g/mol. The lowest BCUT2D eigenvalue weighted by Gasteiger charge is -2.19. The number of rotatable bonds is 2. The number of hydrogen-bond donors (Lipinski definition) is 0. The highest BCUT2D eigenvalue weighted by Gasteiger charge is 2.24. The molecule has 16 heavy (non-hydrogen) atoms. The number of anilines is 1. The van der Waals surface area contributed by atoms with Crippen LogP contribution >= 0.6 is 11.6 Å². The first-order valence-electron chi connectivity index (χ1n) is 5.29. The zero-order chi connectivity index (χ0) is 11.7. The van der Waals surface area contributed by atoms with Gasteiger partial charge in [-0.25, -0.2) is 0 Å². The summed E-state index contributed by atoms with van der Waals surface area (Å²) in [6.45, 7) is 3.65. The minimum absolute atomic E-state index is 0.118. The molecule has 0 spiro atoms. The second-order valence-corrected chi connectivity index (χ2v) is 4.48. The average Bonchev–Trinajstić information content (AvgIpc) is 2.69. The fourth-order valence-corrected chi connectivity index (χ4v) is 2.48. The summed E-state index contributed by atoms with van der Waals surface area (Å²) in [7, 11) is 0. The Kier molecular flexibility index (Phi) is 3.01. The van der Waals surface area contributed by atoms with Crippen LogP contribution in [0.4, 0.5) is 11.4 Å². The van der Waals surface area contributed by atoms with Crippen molar-refractivity contribution in [1.82, 2.24) is 0 Å². The van der Waals surface area contributed by atoms with Gasteiger partial charge in [0.15, 0.2) is 0 Å². The molecule has 1 aliphatic heterocycles. The van der Waals surface area contributed by atoms with Crippen molar-refractivity contribution in [2.75, 3.05) is 18.0 Å². The third kappa shape index (κ3) is 1.97. The fraction of sp³-hybridized carbons (Fsp3) is 0.455. The molecule has 1 aliphatic rings. The van der Waals surface area contributed by atoms with Crippen LogP contribution in [0.15, 0.2) is 12.1 Å². The molecular weight excluding hydrogens is 228 g/mol. The van der Waals surface area contributed by atoms with Gasteiger partial charge >= 0.3 is 0 Å². The number of nitrogens with zero attached hydrogens (tertiary/aromatic N) is 2. The molecule has 4 nitrogen and oxygen atoms in total. The molecule has 0 saturated carbocycles. The number of halogens is 1. The summed E-state index contributed by atoms with van der Waals surface area (Å²) >= 11 is 5.85. The molecule has 0 radical (unpaired) electrons. The molecule has 2 rings (SSSR count). The van der Waals surface area contributed by atoms with Crippen molar-refractivity contribution in [3.05, 3.63) is 32.8 Å². The molecular formula is C11H13ClN2O2. The van der Waals surface area contributed by atoms with Crippen molar-refractivity contribution in [2.45, 2.75) is 19.8 Å². The maximum Gasteiger partial charge on any atom is 0.294 e. The molecule has 86 valence electrons. The predicted molar refractivity (Wildman–Crippen MR) is 64.3 cm³/mol. The lowest BCUT2D eigenvalue weighted by Crippen LogP contribution is -2.20. The van der Waals surface area contributed by atoms with Crippen LogP contribution in [0.1, 0.15) is 18.4 Å². The van der Waals surface area contributed by atoms with Crippen LogP contribution in [0.25, 0.3) is 0 Å². The van der Waals surface area contributed by atoms with E-state index in [1.807, 2.05) is 6.92 Å². The molecule has 1 aromatic rings. The molecule has 0 aliphatic carbocycles. The van der Waals surface area contributed by atoms with Crippen LogP contribution < -0.4 is 4.90 Å². The van der Waals surface area contributed by atoms with Crippen molar-refractivity contribution in [3.8, 4) is 0 Å². The van der Waals surface area contributed by atoms with E-state index >= 15 is 0 Å². The number of nitro groups is 1. The minimum atomic E-state index is -0.355. The Balaban J connectivity index is 2.52. The average molecular weight is 241 g/mol. The van der Waals surface area contributed by atoms with Gasteiger partial charge in [-0.15, -0.1) is 0 Å². The van der Waals surface area contributed by atoms with Gasteiger partial charge in [-0.2, -0.15) is 0 Å². The van der Waals surface area contributed by atoms with E-state index in [2.05, 4.69) is 4.90 Å². The Hall–Kier alpha value is -1.29. The Morgan fingerprint density at radius 1 is 1.38 bits per heavy atom. The van der Waals surface area contributed by atoms with E-state index < -0.39 is 0 Å². The SMILES string of the molecule is Cc1cc(Cl)cc([N+](=O)[O-])c1N1CCCC1. The maximum atomic E-state index is 11.0. The molecule has 0 amide bonds. The van der Waals surface area contributed by atoms with Gasteiger partial charge in [0.05, 0.1) is 4.92 Å². The molecule has 0 atom stereocenters. The highest BCUT2D eigenvalue weighted by atomic mass is 35.5. The Bertz CT molecular complexity index is 428. The molecule has 1 heterocycles. The summed E-state index contributed by atoms with van der Waals surface area (Å²) in [5, 5.41) is 11.4. The van der Waals surface area contributed by atoms with Crippen molar-refractivity contribution in [2.24, 2.45) is 0 Å². The quantitative estimate of drug-likeness (QED) is 0.589. The summed E-state index contributed by atoms with van der Waals surface area (Å²) in [5.41, 5.74) is 1.72. The maximum absolute atomic E-state index is 11.0. The largest absolute Gasteiger partial charge is 0.366 e.